The third-order valence-electron chi connectivity index (χ3n) is 3.42. The Kier molecular flexibility index (Phi) is 4.20. The van der Waals surface area contributed by atoms with Crippen LogP contribution in [-0.2, 0) is 4.74 Å². The standard InChI is InChI=1S/C15H23NO3/c1-15(2)10-11(5-6-19-15)16-12-7-13(17-3)9-14(8-12)18-4/h7-9,11,16H,5-6,10H2,1-4H3. The van der Waals surface area contributed by atoms with Crippen LogP contribution >= 0.6 is 0 Å². The lowest BCUT2D eigenvalue weighted by Gasteiger charge is -2.36. The molecule has 1 aliphatic heterocycles. The van der Waals surface area contributed by atoms with Crippen LogP contribution in [0.25, 0.3) is 0 Å². The lowest BCUT2D eigenvalue weighted by molar-refractivity contribution is -0.0553. The van der Waals surface area contributed by atoms with Gasteiger partial charge in [0.15, 0.2) is 0 Å². The number of ether oxygens (including phenoxy) is 3. The summed E-state index contributed by atoms with van der Waals surface area (Å²) < 4.78 is 16.3. The van der Waals surface area contributed by atoms with E-state index in [0.29, 0.717) is 6.04 Å². The zero-order valence-electron chi connectivity index (χ0n) is 12.2. The second kappa shape index (κ2) is 5.70. The summed E-state index contributed by atoms with van der Waals surface area (Å²) in [6.45, 7) is 5.06. The van der Waals surface area contributed by atoms with Crippen molar-refractivity contribution in [1.29, 1.82) is 0 Å². The van der Waals surface area contributed by atoms with E-state index in [-0.39, 0.29) is 5.60 Å². The number of nitrogens with one attached hydrogen (secondary N) is 1. The van der Waals surface area contributed by atoms with Crippen LogP contribution in [-0.4, -0.2) is 32.5 Å². The highest BCUT2D eigenvalue weighted by atomic mass is 16.5. The molecule has 1 fully saturated rings. The first-order chi connectivity index (χ1) is 9.02. The van der Waals surface area contributed by atoms with Gasteiger partial charge in [0, 0.05) is 36.5 Å². The summed E-state index contributed by atoms with van der Waals surface area (Å²) in [5.74, 6) is 1.60. The summed E-state index contributed by atoms with van der Waals surface area (Å²) >= 11 is 0. The fraction of sp³-hybridized carbons (Fsp3) is 0.600. The van der Waals surface area contributed by atoms with Gasteiger partial charge in [-0.25, -0.2) is 0 Å². The molecule has 1 unspecified atom stereocenters. The zero-order chi connectivity index (χ0) is 13.9. The highest BCUT2D eigenvalue weighted by molar-refractivity contribution is 5.54. The van der Waals surface area contributed by atoms with E-state index in [1.165, 1.54) is 0 Å². The van der Waals surface area contributed by atoms with Crippen LogP contribution in [0.5, 0.6) is 11.5 Å². The molecule has 0 spiro atoms. The maximum absolute atomic E-state index is 5.73. The van der Waals surface area contributed by atoms with E-state index in [4.69, 9.17) is 14.2 Å². The summed E-state index contributed by atoms with van der Waals surface area (Å²) in [7, 11) is 3.33. The van der Waals surface area contributed by atoms with Gasteiger partial charge >= 0.3 is 0 Å². The molecule has 1 saturated heterocycles. The number of methoxy groups -OCH3 is 2. The Hall–Kier alpha value is -1.42. The van der Waals surface area contributed by atoms with E-state index in [9.17, 15) is 0 Å². The number of hydrogen-bond acceptors (Lipinski definition) is 4. The Morgan fingerprint density at radius 2 is 1.79 bits per heavy atom. The molecule has 1 aliphatic rings. The van der Waals surface area contributed by atoms with Crippen LogP contribution in [0.15, 0.2) is 18.2 Å². The highest BCUT2D eigenvalue weighted by Gasteiger charge is 2.28. The quantitative estimate of drug-likeness (QED) is 0.908. The van der Waals surface area contributed by atoms with Crippen molar-refractivity contribution in [3.8, 4) is 11.5 Å². The van der Waals surface area contributed by atoms with Gasteiger partial charge in [-0.3, -0.25) is 0 Å². The summed E-state index contributed by atoms with van der Waals surface area (Å²) in [5, 5.41) is 3.55. The fourth-order valence-electron chi connectivity index (χ4n) is 2.48. The van der Waals surface area contributed by atoms with E-state index in [1.807, 2.05) is 18.2 Å². The predicted molar refractivity (Wildman–Crippen MR) is 76.2 cm³/mol. The van der Waals surface area contributed by atoms with Crippen molar-refractivity contribution in [3.63, 3.8) is 0 Å². The van der Waals surface area contributed by atoms with Crippen LogP contribution < -0.4 is 14.8 Å². The lowest BCUT2D eigenvalue weighted by atomic mass is 9.94. The molecule has 0 aliphatic carbocycles. The van der Waals surface area contributed by atoms with Crippen LogP contribution in [0.3, 0.4) is 0 Å². The van der Waals surface area contributed by atoms with Crippen molar-refractivity contribution in [3.05, 3.63) is 18.2 Å². The third kappa shape index (κ3) is 3.77. The molecule has 4 heteroatoms. The van der Waals surface area contributed by atoms with Crippen molar-refractivity contribution >= 4 is 5.69 Å². The van der Waals surface area contributed by atoms with E-state index in [0.717, 1.165) is 36.6 Å². The van der Waals surface area contributed by atoms with Crippen molar-refractivity contribution in [2.45, 2.75) is 38.3 Å². The van der Waals surface area contributed by atoms with Gasteiger partial charge in [0.25, 0.3) is 0 Å². The second-order valence-corrected chi connectivity index (χ2v) is 5.54. The summed E-state index contributed by atoms with van der Waals surface area (Å²) in [6, 6.07) is 6.27. The minimum Gasteiger partial charge on any atom is -0.497 e. The van der Waals surface area contributed by atoms with Crippen molar-refractivity contribution < 1.29 is 14.2 Å². The molecule has 0 saturated carbocycles. The van der Waals surface area contributed by atoms with E-state index >= 15 is 0 Å². The largest absolute Gasteiger partial charge is 0.497 e. The van der Waals surface area contributed by atoms with E-state index in [1.54, 1.807) is 14.2 Å². The second-order valence-electron chi connectivity index (χ2n) is 5.54. The Balaban J connectivity index is 2.09. The molecule has 1 atom stereocenters. The van der Waals surface area contributed by atoms with Crippen molar-refractivity contribution in [1.82, 2.24) is 0 Å². The van der Waals surface area contributed by atoms with Gasteiger partial charge < -0.3 is 19.5 Å². The Morgan fingerprint density at radius 3 is 2.32 bits per heavy atom. The van der Waals surface area contributed by atoms with Crippen molar-refractivity contribution in [2.75, 3.05) is 26.1 Å². The smallest absolute Gasteiger partial charge is 0.124 e. The highest BCUT2D eigenvalue weighted by Crippen LogP contribution is 2.30. The van der Waals surface area contributed by atoms with Crippen LogP contribution in [0.1, 0.15) is 26.7 Å². The molecule has 2 rings (SSSR count). The molecule has 1 heterocycles. The van der Waals surface area contributed by atoms with E-state index in [2.05, 4.69) is 19.2 Å². The van der Waals surface area contributed by atoms with Gasteiger partial charge in [-0.15, -0.1) is 0 Å². The third-order valence-corrected chi connectivity index (χ3v) is 3.42. The van der Waals surface area contributed by atoms with Gasteiger partial charge in [0.1, 0.15) is 11.5 Å². The topological polar surface area (TPSA) is 39.7 Å². The molecule has 1 aromatic rings. The van der Waals surface area contributed by atoms with Gasteiger partial charge in [0.05, 0.1) is 19.8 Å². The maximum Gasteiger partial charge on any atom is 0.124 e. The van der Waals surface area contributed by atoms with Gasteiger partial charge in [-0.05, 0) is 26.7 Å². The van der Waals surface area contributed by atoms with Crippen LogP contribution in [0, 0.1) is 0 Å². The molecule has 0 bridgehead atoms. The molecular weight excluding hydrogens is 242 g/mol. The minimum atomic E-state index is -0.0567. The van der Waals surface area contributed by atoms with Gasteiger partial charge in [-0.2, -0.15) is 0 Å². The molecule has 4 nitrogen and oxygen atoms in total. The molecule has 0 aromatic heterocycles. The Morgan fingerprint density at radius 1 is 1.16 bits per heavy atom. The number of hydrogen-bond donors (Lipinski definition) is 1. The first-order valence-corrected chi connectivity index (χ1v) is 6.66. The number of anilines is 1. The molecule has 0 amide bonds. The molecule has 106 valence electrons. The van der Waals surface area contributed by atoms with Crippen molar-refractivity contribution in [2.24, 2.45) is 0 Å². The molecule has 0 radical (unpaired) electrons. The van der Waals surface area contributed by atoms with Crippen LogP contribution in [0.4, 0.5) is 5.69 Å². The molecule has 1 N–H and O–H groups in total. The van der Waals surface area contributed by atoms with E-state index < -0.39 is 0 Å². The number of rotatable bonds is 4. The molecule has 19 heavy (non-hydrogen) atoms. The fourth-order valence-corrected chi connectivity index (χ4v) is 2.48. The minimum absolute atomic E-state index is 0.0567. The first kappa shape index (κ1) is 14.0. The van der Waals surface area contributed by atoms with Crippen LogP contribution in [0.2, 0.25) is 0 Å². The monoisotopic (exact) mass is 265 g/mol. The summed E-state index contributed by atoms with van der Waals surface area (Å²) in [6.07, 6.45) is 2.01. The molecular formula is C15H23NO3. The average Bonchev–Trinajstić information content (AvgIpc) is 2.37. The maximum atomic E-state index is 5.73. The Labute approximate surface area is 115 Å². The first-order valence-electron chi connectivity index (χ1n) is 6.66. The normalized spacial score (nSPS) is 21.8. The predicted octanol–water partition coefficient (Wildman–Crippen LogP) is 3.07. The zero-order valence-corrected chi connectivity index (χ0v) is 12.2. The number of benzene rings is 1. The van der Waals surface area contributed by atoms with Gasteiger partial charge in [0.2, 0.25) is 0 Å². The average molecular weight is 265 g/mol. The molecule has 1 aromatic carbocycles. The summed E-state index contributed by atoms with van der Waals surface area (Å²) in [5.41, 5.74) is 0.970. The Bertz CT molecular complexity index is 409. The lowest BCUT2D eigenvalue weighted by Crippen LogP contribution is -2.40. The van der Waals surface area contributed by atoms with Gasteiger partial charge in [-0.1, -0.05) is 0 Å². The summed E-state index contributed by atoms with van der Waals surface area (Å²) in [4.78, 5) is 0. The SMILES string of the molecule is COc1cc(NC2CCOC(C)(C)C2)cc(OC)c1.